The second-order valence-corrected chi connectivity index (χ2v) is 6.57. The van der Waals surface area contributed by atoms with Crippen molar-refractivity contribution in [3.63, 3.8) is 0 Å². The van der Waals surface area contributed by atoms with Gasteiger partial charge < -0.3 is 25.0 Å². The van der Waals surface area contributed by atoms with Crippen molar-refractivity contribution in [3.05, 3.63) is 77.7 Å². The van der Waals surface area contributed by atoms with Gasteiger partial charge in [-0.15, -0.1) is 0 Å². The van der Waals surface area contributed by atoms with E-state index < -0.39 is 5.97 Å². The molecule has 2 heterocycles. The van der Waals surface area contributed by atoms with Crippen LogP contribution in [0, 0.1) is 0 Å². The molecule has 6 nitrogen and oxygen atoms in total. The summed E-state index contributed by atoms with van der Waals surface area (Å²) in [5, 5.41) is 10.0. The molecule has 0 radical (unpaired) electrons. The number of furan rings is 1. The largest absolute Gasteiger partial charge is 0.489 e. The molecule has 0 aliphatic heterocycles. The number of fused-ring (bicyclic) bond motifs is 1. The minimum Gasteiger partial charge on any atom is -0.489 e. The third-order valence-electron chi connectivity index (χ3n) is 4.59. The van der Waals surface area contributed by atoms with Gasteiger partial charge in [-0.1, -0.05) is 18.2 Å². The number of aromatic nitrogens is 1. The van der Waals surface area contributed by atoms with Gasteiger partial charge in [0.05, 0.1) is 12.7 Å². The number of hydrogen-bond acceptors (Lipinski definition) is 4. The van der Waals surface area contributed by atoms with Gasteiger partial charge in [0.15, 0.2) is 0 Å². The zero-order valence-electron chi connectivity index (χ0n) is 15.1. The molecule has 4 rings (SSSR count). The fraction of sp³-hybridized carbons (Fsp3) is 0.136. The highest BCUT2D eigenvalue weighted by atomic mass is 16.5. The van der Waals surface area contributed by atoms with Crippen molar-refractivity contribution < 1.29 is 19.1 Å². The molecule has 0 spiro atoms. The topological polar surface area (TPSA) is 101 Å². The number of carbonyl (C=O) groups is 1. The van der Waals surface area contributed by atoms with Crippen molar-refractivity contribution in [2.45, 2.75) is 19.6 Å². The monoisotopic (exact) mass is 376 g/mol. The maximum absolute atomic E-state index is 11.1. The van der Waals surface area contributed by atoms with Crippen LogP contribution in [0.15, 0.2) is 65.4 Å². The second kappa shape index (κ2) is 7.62. The van der Waals surface area contributed by atoms with Gasteiger partial charge in [0, 0.05) is 34.9 Å². The van der Waals surface area contributed by atoms with E-state index in [1.807, 2.05) is 36.5 Å². The fourth-order valence-corrected chi connectivity index (χ4v) is 3.25. The number of hydrogen-bond donors (Lipinski definition) is 3. The predicted octanol–water partition coefficient (Wildman–Crippen LogP) is 4.09. The van der Waals surface area contributed by atoms with Crippen LogP contribution in [-0.2, 0) is 24.4 Å². The van der Waals surface area contributed by atoms with Gasteiger partial charge in [-0.2, -0.15) is 0 Å². The summed E-state index contributed by atoms with van der Waals surface area (Å²) in [5.74, 6) is -0.315. The molecule has 0 aliphatic carbocycles. The number of carboxylic acid groups (broad SMARTS) is 1. The number of nitrogens with one attached hydrogen (secondary N) is 1. The first-order valence-electron chi connectivity index (χ1n) is 8.94. The molecule has 0 aliphatic rings. The summed E-state index contributed by atoms with van der Waals surface area (Å²) in [4.78, 5) is 14.3. The van der Waals surface area contributed by atoms with Gasteiger partial charge in [-0.25, -0.2) is 0 Å². The van der Waals surface area contributed by atoms with Crippen LogP contribution in [-0.4, -0.2) is 16.1 Å². The molecule has 2 aromatic carbocycles. The Kier molecular flexibility index (Phi) is 4.87. The minimum atomic E-state index is -0.888. The summed E-state index contributed by atoms with van der Waals surface area (Å²) in [6.07, 6.45) is 3.47. The Morgan fingerprint density at radius 2 is 2.00 bits per heavy atom. The molecule has 0 saturated carbocycles. The van der Waals surface area contributed by atoms with Crippen LogP contribution in [0.5, 0.6) is 5.75 Å². The molecule has 0 fully saturated rings. The molecule has 4 aromatic rings. The number of aliphatic carboxylic acids is 1. The lowest BCUT2D eigenvalue weighted by Gasteiger charge is -2.11. The highest BCUT2D eigenvalue weighted by Gasteiger charge is 2.13. The lowest BCUT2D eigenvalue weighted by atomic mass is 10.0. The van der Waals surface area contributed by atoms with E-state index in [1.165, 1.54) is 0 Å². The fourth-order valence-electron chi connectivity index (χ4n) is 3.25. The number of H-pyrrole nitrogens is 1. The van der Waals surface area contributed by atoms with Crippen molar-refractivity contribution in [1.82, 2.24) is 4.98 Å². The van der Waals surface area contributed by atoms with Crippen molar-refractivity contribution in [2.75, 3.05) is 0 Å². The standard InChI is InChI=1S/C22H20N2O4/c23-11-15-9-19(24-12-15)18-8-14(7-17-5-6-27-22(17)18)13-28-20-4-2-1-3-16(20)10-21(25)26/h1-9,12,24H,10-11,13,23H2,(H,25,26). The van der Waals surface area contributed by atoms with Crippen LogP contribution in [0.3, 0.4) is 0 Å². The average molecular weight is 376 g/mol. The Labute approximate surface area is 161 Å². The third-order valence-corrected chi connectivity index (χ3v) is 4.59. The van der Waals surface area contributed by atoms with E-state index in [2.05, 4.69) is 4.98 Å². The van der Waals surface area contributed by atoms with Gasteiger partial charge in [0.2, 0.25) is 0 Å². The lowest BCUT2D eigenvalue weighted by Crippen LogP contribution is -2.04. The van der Waals surface area contributed by atoms with E-state index in [1.54, 1.807) is 24.5 Å². The highest BCUT2D eigenvalue weighted by Crippen LogP contribution is 2.31. The van der Waals surface area contributed by atoms with Gasteiger partial charge in [0.1, 0.15) is 17.9 Å². The van der Waals surface area contributed by atoms with Crippen molar-refractivity contribution in [3.8, 4) is 17.0 Å². The van der Waals surface area contributed by atoms with Crippen LogP contribution in [0.1, 0.15) is 16.7 Å². The molecule has 28 heavy (non-hydrogen) atoms. The maximum Gasteiger partial charge on any atom is 0.307 e. The Balaban J connectivity index is 1.64. The number of carboxylic acids is 1. The molecule has 0 atom stereocenters. The number of benzene rings is 2. The summed E-state index contributed by atoms with van der Waals surface area (Å²) in [7, 11) is 0. The third kappa shape index (κ3) is 3.63. The Morgan fingerprint density at radius 3 is 2.79 bits per heavy atom. The molecule has 142 valence electrons. The number of aromatic amines is 1. The SMILES string of the molecule is NCc1c[nH]c(-c2cc(COc3ccccc3CC(=O)O)cc3ccoc23)c1. The van der Waals surface area contributed by atoms with Crippen LogP contribution in [0.25, 0.3) is 22.2 Å². The van der Waals surface area contributed by atoms with E-state index in [0.29, 0.717) is 24.5 Å². The van der Waals surface area contributed by atoms with Crippen LogP contribution >= 0.6 is 0 Å². The van der Waals surface area contributed by atoms with E-state index in [-0.39, 0.29) is 6.42 Å². The highest BCUT2D eigenvalue weighted by molar-refractivity contribution is 5.92. The lowest BCUT2D eigenvalue weighted by molar-refractivity contribution is -0.136. The minimum absolute atomic E-state index is 0.0769. The summed E-state index contributed by atoms with van der Waals surface area (Å²) in [5.41, 5.74) is 11.0. The van der Waals surface area contributed by atoms with Gasteiger partial charge >= 0.3 is 5.97 Å². The van der Waals surface area contributed by atoms with Crippen molar-refractivity contribution in [1.29, 1.82) is 0 Å². The van der Waals surface area contributed by atoms with E-state index in [0.717, 1.165) is 33.4 Å². The number of ether oxygens (including phenoxy) is 1. The molecule has 0 bridgehead atoms. The molecular weight excluding hydrogens is 356 g/mol. The van der Waals surface area contributed by atoms with Crippen LogP contribution in [0.2, 0.25) is 0 Å². The van der Waals surface area contributed by atoms with E-state index in [4.69, 9.17) is 20.0 Å². The molecule has 2 aromatic heterocycles. The summed E-state index contributed by atoms with van der Waals surface area (Å²) >= 11 is 0. The molecule has 0 unspecified atom stereocenters. The Bertz CT molecular complexity index is 1130. The molecule has 4 N–H and O–H groups in total. The Hall–Kier alpha value is -3.51. The molecule has 0 amide bonds. The predicted molar refractivity (Wildman–Crippen MR) is 106 cm³/mol. The summed E-state index contributed by atoms with van der Waals surface area (Å²) < 4.78 is 11.6. The van der Waals surface area contributed by atoms with E-state index in [9.17, 15) is 4.79 Å². The molecule has 0 saturated heterocycles. The smallest absolute Gasteiger partial charge is 0.307 e. The first-order valence-corrected chi connectivity index (χ1v) is 8.94. The Morgan fingerprint density at radius 1 is 1.14 bits per heavy atom. The first kappa shape index (κ1) is 17.9. The van der Waals surface area contributed by atoms with Crippen LogP contribution < -0.4 is 10.5 Å². The quantitative estimate of drug-likeness (QED) is 0.451. The van der Waals surface area contributed by atoms with Crippen LogP contribution in [0.4, 0.5) is 0 Å². The second-order valence-electron chi connectivity index (χ2n) is 6.57. The summed E-state index contributed by atoms with van der Waals surface area (Å²) in [6.45, 7) is 0.774. The van der Waals surface area contributed by atoms with E-state index >= 15 is 0 Å². The molecular formula is C22H20N2O4. The van der Waals surface area contributed by atoms with Gasteiger partial charge in [-0.05, 0) is 41.5 Å². The number of nitrogens with two attached hydrogens (primary N) is 1. The average Bonchev–Trinajstić information content (AvgIpc) is 3.35. The van der Waals surface area contributed by atoms with Gasteiger partial charge in [-0.3, -0.25) is 4.79 Å². The maximum atomic E-state index is 11.1. The zero-order valence-corrected chi connectivity index (χ0v) is 15.1. The normalized spacial score (nSPS) is 11.0. The first-order chi connectivity index (χ1) is 13.6. The number of para-hydroxylation sites is 1. The van der Waals surface area contributed by atoms with Gasteiger partial charge in [0.25, 0.3) is 0 Å². The summed E-state index contributed by atoms with van der Waals surface area (Å²) in [6, 6.07) is 15.1. The molecule has 6 heteroatoms. The van der Waals surface area contributed by atoms with Crippen molar-refractivity contribution >= 4 is 16.9 Å². The zero-order chi connectivity index (χ0) is 19.5. The number of rotatable bonds is 7. The van der Waals surface area contributed by atoms with Crippen molar-refractivity contribution in [2.24, 2.45) is 5.73 Å².